The molecule has 0 bridgehead atoms. The number of nitrogens with one attached hydrogen (secondary N) is 10. The first-order valence-electron chi connectivity index (χ1n) is 45.8. The van der Waals surface area contributed by atoms with Gasteiger partial charge in [-0.05, 0) is 239 Å². The molecular formula is C90H155Cl9N16O26. The van der Waals surface area contributed by atoms with E-state index >= 15 is 0 Å². The maximum absolute atomic E-state index is 14.0. The summed E-state index contributed by atoms with van der Waals surface area (Å²) in [5, 5.41) is 69.4. The average Bonchev–Trinajstić information content (AvgIpc) is 0.812. The molecule has 51 heteroatoms. The summed E-state index contributed by atoms with van der Waals surface area (Å²) in [6.07, 6.45) is 6.19. The molecule has 4 aromatic rings. The lowest BCUT2D eigenvalue weighted by molar-refractivity contribution is -0.386. The Morgan fingerprint density at radius 3 is 0.858 bits per heavy atom. The van der Waals surface area contributed by atoms with Gasteiger partial charge in [0.15, 0.2) is 34.5 Å². The van der Waals surface area contributed by atoms with Crippen molar-refractivity contribution in [1.82, 2.24) is 53.2 Å². The lowest BCUT2D eigenvalue weighted by Crippen LogP contribution is -2.58. The zero-order valence-electron chi connectivity index (χ0n) is 81.6. The number of nitro groups is 3. The summed E-state index contributed by atoms with van der Waals surface area (Å²) in [5.41, 5.74) is 13.8. The highest BCUT2D eigenvalue weighted by molar-refractivity contribution is 5.87. The molecule has 0 saturated heterocycles. The quantitative estimate of drug-likeness (QED) is 0.00642. The van der Waals surface area contributed by atoms with Gasteiger partial charge < -0.3 is 132 Å². The summed E-state index contributed by atoms with van der Waals surface area (Å²) in [4.78, 5) is 129. The highest BCUT2D eigenvalue weighted by atomic mass is 35.5. The number of methoxy groups -OCH3 is 3. The van der Waals surface area contributed by atoms with Crippen molar-refractivity contribution >= 4 is 170 Å². The van der Waals surface area contributed by atoms with Crippen LogP contribution in [0, 0.1) is 30.3 Å². The maximum Gasteiger partial charge on any atom is 0.408 e. The number of unbranched alkanes of at least 4 members (excludes halogenated alkanes) is 3. The van der Waals surface area contributed by atoms with Gasteiger partial charge in [-0.2, -0.15) is 0 Å². The minimum absolute atomic E-state index is 0. The number of esters is 3. The van der Waals surface area contributed by atoms with E-state index in [1.165, 1.54) is 60.3 Å². The number of nitrogens with two attached hydrogens (primary N) is 3. The van der Waals surface area contributed by atoms with E-state index in [2.05, 4.69) is 53.2 Å². The second-order valence-corrected chi connectivity index (χ2v) is 31.2. The maximum atomic E-state index is 14.0. The Labute approximate surface area is 883 Å². The van der Waals surface area contributed by atoms with E-state index in [0.29, 0.717) is 44.8 Å². The number of rotatable bonds is 81. The van der Waals surface area contributed by atoms with Crippen LogP contribution in [-0.4, -0.2) is 261 Å². The molecule has 141 heavy (non-hydrogen) atoms. The highest BCUT2D eigenvalue weighted by Crippen LogP contribution is 2.42. The van der Waals surface area contributed by atoms with Crippen LogP contribution in [0.1, 0.15) is 196 Å². The zero-order chi connectivity index (χ0) is 96.2. The van der Waals surface area contributed by atoms with Crippen molar-refractivity contribution < 1.29 is 110 Å². The molecule has 814 valence electrons. The van der Waals surface area contributed by atoms with E-state index in [-0.39, 0.29) is 246 Å². The van der Waals surface area contributed by atoms with Crippen molar-refractivity contribution in [1.29, 1.82) is 0 Å². The lowest BCUT2D eigenvalue weighted by Gasteiger charge is -2.33. The molecule has 0 spiro atoms. The van der Waals surface area contributed by atoms with Crippen LogP contribution in [0.25, 0.3) is 0 Å². The molecular weight excluding hydrogens is 2040 g/mol. The Morgan fingerprint density at radius 1 is 0.340 bits per heavy atom. The number of ether oxygens (including phenoxy) is 13. The van der Waals surface area contributed by atoms with Crippen LogP contribution in [0.4, 0.5) is 21.9 Å². The smallest absolute Gasteiger partial charge is 0.408 e. The van der Waals surface area contributed by atoms with Gasteiger partial charge in [0.2, 0.25) is 17.7 Å². The van der Waals surface area contributed by atoms with E-state index in [4.69, 9.17) is 78.8 Å². The van der Waals surface area contributed by atoms with Crippen LogP contribution in [0.2, 0.25) is 0 Å². The highest BCUT2D eigenvalue weighted by Gasteiger charge is 2.37. The number of nitro benzene ring substituents is 3. The van der Waals surface area contributed by atoms with Gasteiger partial charge in [0.1, 0.15) is 30.5 Å². The van der Waals surface area contributed by atoms with Crippen LogP contribution >= 0.6 is 112 Å². The molecule has 0 aliphatic rings. The molecule has 3 unspecified atom stereocenters. The van der Waals surface area contributed by atoms with Gasteiger partial charge in [0.25, 0.3) is 17.1 Å². The predicted octanol–water partition coefficient (Wildman–Crippen LogP) is 11.3. The molecule has 0 aliphatic heterocycles. The number of halogens is 9. The first-order valence-corrected chi connectivity index (χ1v) is 45.8. The van der Waals surface area contributed by atoms with E-state index in [0.717, 1.165) is 174 Å². The van der Waals surface area contributed by atoms with E-state index in [1.54, 1.807) is 30.3 Å². The first kappa shape index (κ1) is 144. The first-order chi connectivity index (χ1) is 63.9. The van der Waals surface area contributed by atoms with Crippen LogP contribution in [0.5, 0.6) is 34.5 Å². The summed E-state index contributed by atoms with van der Waals surface area (Å²) in [5.74, 6) is -2.96. The summed E-state index contributed by atoms with van der Waals surface area (Å²) in [6, 6.07) is 16.0. The molecule has 0 radical (unpaired) electrons. The van der Waals surface area contributed by atoms with Crippen LogP contribution in [0.15, 0.2) is 66.7 Å². The Balaban J connectivity index is -0.00000506. The van der Waals surface area contributed by atoms with Gasteiger partial charge in [-0.3, -0.25) is 59.1 Å². The number of hydrogen-bond donors (Lipinski definition) is 13. The Hall–Kier alpha value is -7.90. The van der Waals surface area contributed by atoms with Gasteiger partial charge in [0.05, 0.1) is 150 Å². The van der Waals surface area contributed by atoms with Crippen molar-refractivity contribution in [3.05, 3.63) is 119 Å². The van der Waals surface area contributed by atoms with Gasteiger partial charge in [-0.15, -0.1) is 112 Å². The third-order valence-corrected chi connectivity index (χ3v) is 20.4. The van der Waals surface area contributed by atoms with E-state index in [1.807, 2.05) is 0 Å². The molecule has 0 heterocycles. The molecule has 4 aromatic carbocycles. The zero-order valence-corrected chi connectivity index (χ0v) is 88.9. The standard InChI is InChI=1S/C90H146N16O26.9ClH/c1-67(71-57-77(120-4)80(60-74(71)104(114)115)126-51-16-27-83(107)100-48-22-45-97-39-13-10-36-94-42-19-33-91)130-86(110)30-54-123-64-90(103-89(113)129-63-70-25-8-7-9-26-70,65-124-55-31-87(111)131-68(2)72-58-78(121-5)81(61-75(72)105(116)117)127-52-17-28-84(108)101-49-23-46-98-40-14-11-37-95-43-20-34-92)66-125-56-32-88(112)132-69(3)73-59-79(122-6)82(62-76(73)106(118)119)128-53-18-29-85(109)102-50-24-47-99-41-15-12-38-96-44-21-35-93;;;;;;;;;/h7-9,25-26,57-62,67-69,94-99H,10-24,27-56,63-66,91-93H2,1-6H3,(H,100,107)(H,101,108)(H,102,109)(H,103,113);9*1H. The predicted molar refractivity (Wildman–Crippen MR) is 560 cm³/mol. The van der Waals surface area contributed by atoms with Crippen molar-refractivity contribution in [2.24, 2.45) is 17.2 Å². The number of hydrogen-bond acceptors (Lipinski definition) is 35. The minimum Gasteiger partial charge on any atom is -0.493 e. The number of alkyl carbamates (subject to hydrolysis) is 1. The fourth-order valence-electron chi connectivity index (χ4n) is 13.2. The fourth-order valence-corrected chi connectivity index (χ4v) is 13.2. The lowest BCUT2D eigenvalue weighted by atomic mass is 10.0. The van der Waals surface area contributed by atoms with Crippen LogP contribution in [-0.2, 0) is 68.5 Å². The van der Waals surface area contributed by atoms with E-state index < -0.39 is 139 Å². The van der Waals surface area contributed by atoms with Gasteiger partial charge in [0, 0.05) is 38.9 Å². The molecule has 0 aliphatic carbocycles. The third kappa shape index (κ3) is 63.9. The Morgan fingerprint density at radius 2 is 0.603 bits per heavy atom. The summed E-state index contributed by atoms with van der Waals surface area (Å²) in [6.45, 7) is 14.8. The largest absolute Gasteiger partial charge is 0.493 e. The molecule has 16 N–H and O–H groups in total. The average molecular weight is 2200 g/mol. The molecule has 0 aromatic heterocycles. The van der Waals surface area contributed by atoms with Crippen LogP contribution < -0.4 is 98.8 Å². The molecule has 42 nitrogen and oxygen atoms in total. The Kier molecular flexibility index (Phi) is 91.5. The van der Waals surface area contributed by atoms with Gasteiger partial charge >= 0.3 is 24.0 Å². The van der Waals surface area contributed by atoms with Gasteiger partial charge in [-0.25, -0.2) is 4.79 Å². The second kappa shape index (κ2) is 89.7. The van der Waals surface area contributed by atoms with Crippen molar-refractivity contribution in [2.45, 2.75) is 186 Å². The number of amides is 4. The molecule has 0 saturated carbocycles. The number of carbonyl (C=O) groups excluding carboxylic acids is 7. The van der Waals surface area contributed by atoms with E-state index in [9.17, 15) is 63.9 Å². The molecule has 4 amide bonds. The molecule has 4 rings (SSSR count). The SMILES string of the molecule is COc1cc(C(C)OC(=O)CCOCC(COCCC(=O)OC(C)c2cc(OC)c(OCCCC(=O)NCCCNCCCCNCCCN)cc2[N+](=O)[O-])(COCCC(=O)OC(C)c2cc(OC)c(OCCCC(=O)NCCCNCCCCNCCCN)cc2[N+](=O)[O-])NC(=O)OCc2ccccc2)c([N+](=O)[O-])cc1OCCCC(=O)NCCCNCCCCNCCCN.Cl.Cl.Cl.Cl.Cl.Cl.Cl.Cl.Cl. The molecule has 0 fully saturated rings. The summed E-state index contributed by atoms with van der Waals surface area (Å²) >= 11 is 0. The van der Waals surface area contributed by atoms with Crippen molar-refractivity contribution in [2.75, 3.05) is 199 Å². The minimum atomic E-state index is -1.82. The van der Waals surface area contributed by atoms with Gasteiger partial charge in [-0.1, -0.05) is 30.3 Å². The number of nitrogens with zero attached hydrogens (tertiary/aromatic N) is 3. The summed E-state index contributed by atoms with van der Waals surface area (Å²) in [7, 11) is 3.97. The van der Waals surface area contributed by atoms with Crippen molar-refractivity contribution in [3.8, 4) is 34.5 Å². The topological polar surface area (TPSA) is 567 Å². The monoisotopic (exact) mass is 2190 g/mol. The number of carbonyl (C=O) groups is 7. The number of benzene rings is 4. The second-order valence-electron chi connectivity index (χ2n) is 31.2. The Bertz CT molecular complexity index is 3690. The van der Waals surface area contributed by atoms with Crippen molar-refractivity contribution in [3.63, 3.8) is 0 Å². The fraction of sp³-hybridized carbons (Fsp3) is 0.656. The normalized spacial score (nSPS) is 11.5. The molecule has 3 atom stereocenters. The van der Waals surface area contributed by atoms with Crippen LogP contribution in [0.3, 0.4) is 0 Å². The third-order valence-electron chi connectivity index (χ3n) is 20.4. The summed E-state index contributed by atoms with van der Waals surface area (Å²) < 4.78 is 75.4.